The van der Waals surface area contributed by atoms with Crippen LogP contribution >= 0.6 is 0 Å². The molecule has 0 aliphatic carbocycles. The van der Waals surface area contributed by atoms with Crippen LogP contribution in [0.25, 0.3) is 28.2 Å². The van der Waals surface area contributed by atoms with Crippen LogP contribution in [-0.2, 0) is 0 Å². The summed E-state index contributed by atoms with van der Waals surface area (Å²) in [5.41, 5.74) is 2.84. The Hall–Kier alpha value is -3.28. The Morgan fingerprint density at radius 2 is 1.96 bits per heavy atom. The lowest BCUT2D eigenvalue weighted by Crippen LogP contribution is -2.00. The Kier molecular flexibility index (Phi) is 3.42. The van der Waals surface area contributed by atoms with Gasteiger partial charge in [0.2, 0.25) is 5.88 Å². The lowest BCUT2D eigenvalue weighted by atomic mass is 10.3. The molecule has 6 heteroatoms. The van der Waals surface area contributed by atoms with Gasteiger partial charge < -0.3 is 4.74 Å². The third-order valence-electron chi connectivity index (χ3n) is 3.70. The molecule has 5 nitrogen and oxygen atoms in total. The quantitative estimate of drug-likeness (QED) is 0.578. The van der Waals surface area contributed by atoms with Gasteiger partial charge in [-0.25, -0.2) is 14.4 Å². The number of pyridine rings is 2. The van der Waals surface area contributed by atoms with Gasteiger partial charge >= 0.3 is 0 Å². The normalized spacial score (nSPS) is 10.9. The van der Waals surface area contributed by atoms with Gasteiger partial charge in [0.05, 0.1) is 30.0 Å². The van der Waals surface area contributed by atoms with E-state index < -0.39 is 0 Å². The lowest BCUT2D eigenvalue weighted by Gasteiger charge is -2.09. The molecule has 4 rings (SSSR count). The Labute approximate surface area is 137 Å². The first-order valence-electron chi connectivity index (χ1n) is 7.36. The van der Waals surface area contributed by atoms with Crippen LogP contribution in [0.2, 0.25) is 0 Å². The van der Waals surface area contributed by atoms with E-state index in [4.69, 9.17) is 4.74 Å². The average Bonchev–Trinajstić information content (AvgIpc) is 3.01. The molecule has 0 saturated heterocycles. The van der Waals surface area contributed by atoms with Gasteiger partial charge in [0.1, 0.15) is 11.5 Å². The Morgan fingerprint density at radius 3 is 2.67 bits per heavy atom. The number of hydrogen-bond donors (Lipinski definition) is 0. The molecule has 24 heavy (non-hydrogen) atoms. The highest BCUT2D eigenvalue weighted by atomic mass is 19.1. The summed E-state index contributed by atoms with van der Waals surface area (Å²) in [5, 5.41) is 0. The van der Waals surface area contributed by atoms with Crippen molar-refractivity contribution in [1.82, 2.24) is 19.5 Å². The second-order valence-electron chi connectivity index (χ2n) is 5.18. The van der Waals surface area contributed by atoms with E-state index in [2.05, 4.69) is 15.0 Å². The number of aromatic nitrogens is 4. The smallest absolute Gasteiger partial charge is 0.213 e. The summed E-state index contributed by atoms with van der Waals surface area (Å²) in [4.78, 5) is 13.2. The summed E-state index contributed by atoms with van der Waals surface area (Å²) in [7, 11) is 1.57. The fourth-order valence-corrected chi connectivity index (χ4v) is 2.61. The maximum absolute atomic E-state index is 13.6. The summed E-state index contributed by atoms with van der Waals surface area (Å²) in [6.45, 7) is 0. The molecule has 4 aromatic rings. The van der Waals surface area contributed by atoms with Gasteiger partial charge in [-0.3, -0.25) is 9.55 Å². The molecule has 0 bridgehead atoms. The number of ether oxygens (including phenoxy) is 1. The highest BCUT2D eigenvalue weighted by Gasteiger charge is 2.16. The van der Waals surface area contributed by atoms with Crippen LogP contribution in [0.15, 0.2) is 60.9 Å². The standard InChI is InChI=1S/C18H13FN4O/c1-24-17-8-6-13(11-21-17)23-16-7-5-12(19)10-15(16)22-18(23)14-4-2-3-9-20-14/h2-11H,1H3. The predicted octanol–water partition coefficient (Wildman–Crippen LogP) is 3.63. The van der Waals surface area contributed by atoms with Crippen LogP contribution in [0.4, 0.5) is 4.39 Å². The SMILES string of the molecule is COc1ccc(-n2c(-c3ccccn3)nc3cc(F)ccc32)cn1. The molecule has 0 unspecified atom stereocenters. The van der Waals surface area contributed by atoms with Crippen LogP contribution < -0.4 is 4.74 Å². The van der Waals surface area contributed by atoms with Crippen molar-refractivity contribution in [2.24, 2.45) is 0 Å². The second-order valence-corrected chi connectivity index (χ2v) is 5.18. The zero-order valence-corrected chi connectivity index (χ0v) is 12.8. The van der Waals surface area contributed by atoms with Crippen LogP contribution in [0.3, 0.4) is 0 Å². The van der Waals surface area contributed by atoms with Gasteiger partial charge in [-0.05, 0) is 30.3 Å². The summed E-state index contributed by atoms with van der Waals surface area (Å²) >= 11 is 0. The van der Waals surface area contributed by atoms with Gasteiger partial charge in [0.15, 0.2) is 5.82 Å². The molecule has 0 fully saturated rings. The minimum atomic E-state index is -0.326. The van der Waals surface area contributed by atoms with Gasteiger partial charge in [-0.1, -0.05) is 6.07 Å². The number of hydrogen-bond acceptors (Lipinski definition) is 4. The van der Waals surface area contributed by atoms with E-state index in [1.54, 1.807) is 31.6 Å². The van der Waals surface area contributed by atoms with Crippen molar-refractivity contribution in [3.63, 3.8) is 0 Å². The number of rotatable bonds is 3. The van der Waals surface area contributed by atoms with E-state index in [9.17, 15) is 4.39 Å². The van der Waals surface area contributed by atoms with Crippen molar-refractivity contribution in [2.75, 3.05) is 7.11 Å². The van der Waals surface area contributed by atoms with Crippen molar-refractivity contribution in [1.29, 1.82) is 0 Å². The summed E-state index contributed by atoms with van der Waals surface area (Å²) in [6, 6.07) is 13.8. The maximum atomic E-state index is 13.6. The fraction of sp³-hybridized carbons (Fsp3) is 0.0556. The van der Waals surface area contributed by atoms with Gasteiger partial charge in [0, 0.05) is 18.3 Å². The fourth-order valence-electron chi connectivity index (χ4n) is 2.61. The molecule has 3 heterocycles. The van der Waals surface area contributed by atoms with E-state index in [1.165, 1.54) is 12.1 Å². The molecule has 0 aliphatic heterocycles. The van der Waals surface area contributed by atoms with Gasteiger partial charge in [-0.15, -0.1) is 0 Å². The van der Waals surface area contributed by atoms with Crippen molar-refractivity contribution in [3.05, 3.63) is 66.7 Å². The Bertz CT molecular complexity index is 997. The van der Waals surface area contributed by atoms with Crippen LogP contribution in [0.5, 0.6) is 5.88 Å². The van der Waals surface area contributed by atoms with Crippen molar-refractivity contribution < 1.29 is 9.13 Å². The number of nitrogens with zero attached hydrogens (tertiary/aromatic N) is 4. The molecule has 1 aromatic carbocycles. The molecular weight excluding hydrogens is 307 g/mol. The van der Waals surface area contributed by atoms with E-state index in [-0.39, 0.29) is 5.82 Å². The minimum absolute atomic E-state index is 0.326. The zero-order valence-electron chi connectivity index (χ0n) is 12.8. The van der Waals surface area contributed by atoms with E-state index in [0.717, 1.165) is 11.2 Å². The highest BCUT2D eigenvalue weighted by molar-refractivity contribution is 5.82. The van der Waals surface area contributed by atoms with Crippen LogP contribution in [0, 0.1) is 5.82 Å². The minimum Gasteiger partial charge on any atom is -0.481 e. The van der Waals surface area contributed by atoms with Crippen LogP contribution in [0.1, 0.15) is 0 Å². The third kappa shape index (κ3) is 2.38. The first kappa shape index (κ1) is 14.3. The van der Waals surface area contributed by atoms with Crippen molar-refractivity contribution >= 4 is 11.0 Å². The molecule has 0 aliphatic rings. The number of benzene rings is 1. The highest BCUT2D eigenvalue weighted by Crippen LogP contribution is 2.28. The van der Waals surface area contributed by atoms with E-state index >= 15 is 0 Å². The number of methoxy groups -OCH3 is 1. The molecule has 118 valence electrons. The van der Waals surface area contributed by atoms with E-state index in [0.29, 0.717) is 22.9 Å². The average molecular weight is 320 g/mol. The van der Waals surface area contributed by atoms with Crippen molar-refractivity contribution in [2.45, 2.75) is 0 Å². The Morgan fingerprint density at radius 1 is 1.04 bits per heavy atom. The van der Waals surface area contributed by atoms with Gasteiger partial charge in [-0.2, -0.15) is 0 Å². The molecule has 0 N–H and O–H groups in total. The summed E-state index contributed by atoms with van der Waals surface area (Å²) in [5.74, 6) is 0.823. The monoisotopic (exact) mass is 320 g/mol. The number of halogens is 1. The third-order valence-corrected chi connectivity index (χ3v) is 3.70. The molecule has 3 aromatic heterocycles. The topological polar surface area (TPSA) is 52.8 Å². The largest absolute Gasteiger partial charge is 0.481 e. The molecular formula is C18H13FN4O. The second kappa shape index (κ2) is 5.73. The first-order valence-corrected chi connectivity index (χ1v) is 7.36. The molecule has 0 atom stereocenters. The summed E-state index contributed by atoms with van der Waals surface area (Å²) in [6.07, 6.45) is 3.39. The van der Waals surface area contributed by atoms with E-state index in [1.807, 2.05) is 28.8 Å². The number of fused-ring (bicyclic) bond motifs is 1. The Balaban J connectivity index is 2.00. The summed E-state index contributed by atoms with van der Waals surface area (Å²) < 4.78 is 20.6. The lowest BCUT2D eigenvalue weighted by molar-refractivity contribution is 0.398. The first-order chi connectivity index (χ1) is 11.8. The predicted molar refractivity (Wildman–Crippen MR) is 88.6 cm³/mol. The van der Waals surface area contributed by atoms with Crippen LogP contribution in [-0.4, -0.2) is 26.6 Å². The zero-order chi connectivity index (χ0) is 16.5. The van der Waals surface area contributed by atoms with Gasteiger partial charge in [0.25, 0.3) is 0 Å². The maximum Gasteiger partial charge on any atom is 0.213 e. The molecule has 0 spiro atoms. The van der Waals surface area contributed by atoms with Crippen molar-refractivity contribution in [3.8, 4) is 23.1 Å². The number of imidazole rings is 1. The molecule has 0 amide bonds. The molecule has 0 radical (unpaired) electrons. The molecule has 0 saturated carbocycles.